The molecule has 2 atom stereocenters. The van der Waals surface area contributed by atoms with Gasteiger partial charge in [-0.3, -0.25) is 0 Å². The predicted molar refractivity (Wildman–Crippen MR) is 74.8 cm³/mol. The lowest BCUT2D eigenvalue weighted by Crippen LogP contribution is -2.26. The van der Waals surface area contributed by atoms with Gasteiger partial charge in [-0.1, -0.05) is 37.3 Å². The first kappa shape index (κ1) is 12.4. The summed E-state index contributed by atoms with van der Waals surface area (Å²) in [6, 6.07) is 10.5. The standard InChI is InChI=1S/C15H20N4/c1-11(13-5-3-2-4-6-13)15-18-17-14-9-12(10-16)7-8-19(14)15/h2-6,11-12H,7-10,16H2,1H3. The van der Waals surface area contributed by atoms with Crippen LogP contribution in [0.3, 0.4) is 0 Å². The number of rotatable bonds is 3. The SMILES string of the molecule is CC(c1ccccc1)c1nnc2n1CCC(CN)C2. The molecule has 2 N–H and O–H groups in total. The lowest BCUT2D eigenvalue weighted by Gasteiger charge is -2.23. The number of fused-ring (bicyclic) bond motifs is 1. The summed E-state index contributed by atoms with van der Waals surface area (Å²) < 4.78 is 2.28. The summed E-state index contributed by atoms with van der Waals surface area (Å²) in [5.41, 5.74) is 7.05. The zero-order valence-electron chi connectivity index (χ0n) is 11.3. The Labute approximate surface area is 113 Å². The molecule has 0 fully saturated rings. The number of aromatic nitrogens is 3. The summed E-state index contributed by atoms with van der Waals surface area (Å²) in [5, 5.41) is 8.77. The maximum atomic E-state index is 5.76. The van der Waals surface area contributed by atoms with E-state index in [0.717, 1.165) is 37.6 Å². The molecule has 0 saturated carbocycles. The molecule has 1 aliphatic rings. The first-order chi connectivity index (χ1) is 9.29. The predicted octanol–water partition coefficient (Wildman–Crippen LogP) is 1.95. The summed E-state index contributed by atoms with van der Waals surface area (Å²) in [5.74, 6) is 3.03. The van der Waals surface area contributed by atoms with E-state index in [4.69, 9.17) is 5.73 Å². The molecule has 2 aromatic rings. The Bertz CT molecular complexity index is 547. The quantitative estimate of drug-likeness (QED) is 0.913. The molecule has 4 heteroatoms. The highest BCUT2D eigenvalue weighted by Gasteiger charge is 2.24. The monoisotopic (exact) mass is 256 g/mol. The van der Waals surface area contributed by atoms with Crippen LogP contribution in [0.1, 0.15) is 36.5 Å². The molecule has 3 rings (SSSR count). The van der Waals surface area contributed by atoms with Crippen LogP contribution in [0.5, 0.6) is 0 Å². The van der Waals surface area contributed by atoms with Gasteiger partial charge in [0.15, 0.2) is 0 Å². The van der Waals surface area contributed by atoms with Crippen LogP contribution < -0.4 is 5.73 Å². The van der Waals surface area contributed by atoms with Crippen molar-refractivity contribution >= 4 is 0 Å². The molecular formula is C15H20N4. The summed E-state index contributed by atoms with van der Waals surface area (Å²) in [4.78, 5) is 0. The maximum absolute atomic E-state index is 5.76. The molecule has 0 amide bonds. The van der Waals surface area contributed by atoms with Gasteiger partial charge in [0.25, 0.3) is 0 Å². The molecule has 1 aromatic heterocycles. The molecule has 1 aromatic carbocycles. The fraction of sp³-hybridized carbons (Fsp3) is 0.467. The average molecular weight is 256 g/mol. The number of benzene rings is 1. The molecule has 0 saturated heterocycles. The molecule has 100 valence electrons. The van der Waals surface area contributed by atoms with Crippen molar-refractivity contribution in [2.75, 3.05) is 6.54 Å². The van der Waals surface area contributed by atoms with Crippen molar-refractivity contribution in [3.05, 3.63) is 47.5 Å². The number of hydrogen-bond donors (Lipinski definition) is 1. The smallest absolute Gasteiger partial charge is 0.140 e. The Morgan fingerprint density at radius 2 is 2.11 bits per heavy atom. The molecule has 19 heavy (non-hydrogen) atoms. The average Bonchev–Trinajstić information content (AvgIpc) is 2.90. The van der Waals surface area contributed by atoms with E-state index in [1.165, 1.54) is 5.56 Å². The topological polar surface area (TPSA) is 56.7 Å². The van der Waals surface area contributed by atoms with Gasteiger partial charge in [-0.2, -0.15) is 0 Å². The zero-order valence-corrected chi connectivity index (χ0v) is 11.3. The van der Waals surface area contributed by atoms with Gasteiger partial charge in [0.05, 0.1) is 0 Å². The van der Waals surface area contributed by atoms with Crippen molar-refractivity contribution in [2.24, 2.45) is 11.7 Å². The largest absolute Gasteiger partial charge is 0.330 e. The van der Waals surface area contributed by atoms with Crippen molar-refractivity contribution in [1.29, 1.82) is 0 Å². The molecular weight excluding hydrogens is 236 g/mol. The van der Waals surface area contributed by atoms with Gasteiger partial charge >= 0.3 is 0 Å². The van der Waals surface area contributed by atoms with E-state index in [1.807, 2.05) is 6.07 Å². The molecule has 0 aliphatic carbocycles. The third kappa shape index (κ3) is 2.28. The van der Waals surface area contributed by atoms with E-state index >= 15 is 0 Å². The van der Waals surface area contributed by atoms with Crippen LogP contribution in [0.15, 0.2) is 30.3 Å². The van der Waals surface area contributed by atoms with Crippen molar-refractivity contribution in [2.45, 2.75) is 32.2 Å². The van der Waals surface area contributed by atoms with E-state index < -0.39 is 0 Å². The second kappa shape index (κ2) is 5.13. The highest BCUT2D eigenvalue weighted by Crippen LogP contribution is 2.27. The summed E-state index contributed by atoms with van der Waals surface area (Å²) in [7, 11) is 0. The van der Waals surface area contributed by atoms with Crippen LogP contribution in [-0.4, -0.2) is 21.3 Å². The minimum Gasteiger partial charge on any atom is -0.330 e. The molecule has 4 nitrogen and oxygen atoms in total. The Kier molecular flexibility index (Phi) is 3.34. The van der Waals surface area contributed by atoms with Gasteiger partial charge in [0.2, 0.25) is 0 Å². The molecule has 2 heterocycles. The minimum atomic E-state index is 0.289. The number of nitrogens with zero attached hydrogens (tertiary/aromatic N) is 3. The third-order valence-electron chi connectivity index (χ3n) is 4.11. The Balaban J connectivity index is 1.89. The van der Waals surface area contributed by atoms with E-state index in [-0.39, 0.29) is 5.92 Å². The molecule has 1 aliphatic heterocycles. The molecule has 2 unspecified atom stereocenters. The van der Waals surface area contributed by atoms with Crippen LogP contribution in [0.2, 0.25) is 0 Å². The fourth-order valence-electron chi connectivity index (χ4n) is 2.83. The van der Waals surface area contributed by atoms with Crippen molar-refractivity contribution < 1.29 is 0 Å². The lowest BCUT2D eigenvalue weighted by atomic mass is 9.96. The van der Waals surface area contributed by atoms with Gasteiger partial charge < -0.3 is 10.3 Å². The number of nitrogens with two attached hydrogens (primary N) is 1. The van der Waals surface area contributed by atoms with Gasteiger partial charge in [-0.05, 0) is 24.4 Å². The Hall–Kier alpha value is -1.68. The van der Waals surface area contributed by atoms with E-state index in [0.29, 0.717) is 5.92 Å². The lowest BCUT2D eigenvalue weighted by molar-refractivity contribution is 0.382. The zero-order chi connectivity index (χ0) is 13.2. The maximum Gasteiger partial charge on any atom is 0.140 e. The van der Waals surface area contributed by atoms with Crippen LogP contribution >= 0.6 is 0 Å². The highest BCUT2D eigenvalue weighted by molar-refractivity contribution is 5.25. The van der Waals surface area contributed by atoms with E-state index in [1.54, 1.807) is 0 Å². The van der Waals surface area contributed by atoms with Crippen LogP contribution in [0, 0.1) is 5.92 Å². The number of hydrogen-bond acceptors (Lipinski definition) is 3. The van der Waals surface area contributed by atoms with Gasteiger partial charge in [0, 0.05) is 18.9 Å². The first-order valence-electron chi connectivity index (χ1n) is 6.96. The van der Waals surface area contributed by atoms with E-state index in [2.05, 4.69) is 46.0 Å². The van der Waals surface area contributed by atoms with Crippen LogP contribution in [0.25, 0.3) is 0 Å². The van der Waals surface area contributed by atoms with Crippen molar-refractivity contribution in [1.82, 2.24) is 14.8 Å². The van der Waals surface area contributed by atoms with E-state index in [9.17, 15) is 0 Å². The van der Waals surface area contributed by atoms with Crippen molar-refractivity contribution in [3.63, 3.8) is 0 Å². The van der Waals surface area contributed by atoms with Gasteiger partial charge in [-0.15, -0.1) is 10.2 Å². The van der Waals surface area contributed by atoms with Gasteiger partial charge in [-0.25, -0.2) is 0 Å². The summed E-state index contributed by atoms with van der Waals surface area (Å²) >= 11 is 0. The molecule has 0 spiro atoms. The van der Waals surface area contributed by atoms with Crippen molar-refractivity contribution in [3.8, 4) is 0 Å². The minimum absolute atomic E-state index is 0.289. The normalized spacial score (nSPS) is 20.0. The third-order valence-corrected chi connectivity index (χ3v) is 4.11. The van der Waals surface area contributed by atoms with Gasteiger partial charge in [0.1, 0.15) is 11.6 Å². The summed E-state index contributed by atoms with van der Waals surface area (Å²) in [6.45, 7) is 3.94. The second-order valence-electron chi connectivity index (χ2n) is 5.35. The molecule has 0 bridgehead atoms. The van der Waals surface area contributed by atoms with Crippen LogP contribution in [0.4, 0.5) is 0 Å². The Morgan fingerprint density at radius 3 is 2.84 bits per heavy atom. The van der Waals surface area contributed by atoms with Crippen LogP contribution in [-0.2, 0) is 13.0 Å². The summed E-state index contributed by atoms with van der Waals surface area (Å²) in [6.07, 6.45) is 2.10. The second-order valence-corrected chi connectivity index (χ2v) is 5.35. The first-order valence-corrected chi connectivity index (χ1v) is 6.96. The fourth-order valence-corrected chi connectivity index (χ4v) is 2.83. The Morgan fingerprint density at radius 1 is 1.32 bits per heavy atom. The molecule has 0 radical (unpaired) electrons. The highest BCUT2D eigenvalue weighted by atomic mass is 15.3.